The lowest BCUT2D eigenvalue weighted by molar-refractivity contribution is 0.0598. The monoisotopic (exact) mass is 278 g/mol. The number of nitrogens with two attached hydrogens (primary N) is 1. The van der Waals surface area contributed by atoms with Crippen molar-refractivity contribution in [1.29, 1.82) is 0 Å². The molecule has 0 heterocycles. The molecule has 0 aliphatic rings. The normalized spacial score (nSPS) is 10.8. The molecule has 110 valence electrons. The van der Waals surface area contributed by atoms with Crippen LogP contribution in [0.25, 0.3) is 0 Å². The van der Waals surface area contributed by atoms with Crippen LogP contribution in [0.4, 0.5) is 5.69 Å². The molecule has 0 bridgehead atoms. The van der Waals surface area contributed by atoms with Gasteiger partial charge in [0.15, 0.2) is 0 Å². The molecule has 20 heavy (non-hydrogen) atoms. The van der Waals surface area contributed by atoms with Crippen molar-refractivity contribution in [1.82, 2.24) is 4.90 Å². The number of esters is 1. The van der Waals surface area contributed by atoms with Gasteiger partial charge in [-0.1, -0.05) is 0 Å². The average molecular weight is 278 g/mol. The zero-order valence-corrected chi connectivity index (χ0v) is 12.6. The summed E-state index contributed by atoms with van der Waals surface area (Å²) in [6.45, 7) is 7.85. The Morgan fingerprint density at radius 2 is 1.70 bits per heavy atom. The molecular formula is C15H22N2O3. The fourth-order valence-corrected chi connectivity index (χ4v) is 2.21. The van der Waals surface area contributed by atoms with Crippen molar-refractivity contribution in [2.24, 2.45) is 0 Å². The van der Waals surface area contributed by atoms with Crippen LogP contribution in [0, 0.1) is 0 Å². The number of hydrogen-bond acceptors (Lipinski definition) is 4. The number of anilines is 1. The number of amides is 1. The second-order valence-electron chi connectivity index (χ2n) is 5.19. The van der Waals surface area contributed by atoms with E-state index in [0.717, 1.165) is 0 Å². The maximum Gasteiger partial charge on any atom is 0.339 e. The minimum absolute atomic E-state index is 0.0870. The number of benzene rings is 1. The van der Waals surface area contributed by atoms with Gasteiger partial charge in [0.2, 0.25) is 0 Å². The van der Waals surface area contributed by atoms with E-state index in [9.17, 15) is 9.59 Å². The molecule has 0 fully saturated rings. The number of methoxy groups -OCH3 is 1. The molecule has 0 unspecified atom stereocenters. The molecule has 0 aromatic heterocycles. The Labute approximate surface area is 119 Å². The van der Waals surface area contributed by atoms with Crippen molar-refractivity contribution >= 4 is 17.6 Å². The summed E-state index contributed by atoms with van der Waals surface area (Å²) in [5.74, 6) is -0.607. The molecule has 1 aromatic rings. The van der Waals surface area contributed by atoms with Gasteiger partial charge in [-0.2, -0.15) is 0 Å². The third-order valence-corrected chi connectivity index (χ3v) is 3.05. The highest BCUT2D eigenvalue weighted by atomic mass is 16.5. The highest BCUT2D eigenvalue weighted by Gasteiger charge is 2.22. The molecule has 1 aromatic carbocycles. The molecule has 0 saturated carbocycles. The summed E-state index contributed by atoms with van der Waals surface area (Å²) in [4.78, 5) is 25.7. The van der Waals surface area contributed by atoms with Gasteiger partial charge in [0.05, 0.1) is 12.7 Å². The molecular weight excluding hydrogens is 256 g/mol. The first-order valence-corrected chi connectivity index (χ1v) is 6.60. The van der Waals surface area contributed by atoms with E-state index in [1.165, 1.54) is 19.2 Å². The topological polar surface area (TPSA) is 72.6 Å². The molecule has 5 nitrogen and oxygen atoms in total. The van der Waals surface area contributed by atoms with Crippen LogP contribution in [0.15, 0.2) is 18.2 Å². The van der Waals surface area contributed by atoms with Crippen LogP contribution < -0.4 is 5.73 Å². The van der Waals surface area contributed by atoms with Gasteiger partial charge in [-0.05, 0) is 45.9 Å². The molecule has 0 aliphatic carbocycles. The lowest BCUT2D eigenvalue weighted by atomic mass is 10.1. The predicted molar refractivity (Wildman–Crippen MR) is 78.6 cm³/mol. The van der Waals surface area contributed by atoms with E-state index in [0.29, 0.717) is 5.56 Å². The van der Waals surface area contributed by atoms with E-state index in [-0.39, 0.29) is 29.2 Å². The Morgan fingerprint density at radius 1 is 1.15 bits per heavy atom. The fourth-order valence-electron chi connectivity index (χ4n) is 2.21. The number of rotatable bonds is 4. The molecule has 1 rings (SSSR count). The zero-order valence-electron chi connectivity index (χ0n) is 12.6. The summed E-state index contributed by atoms with van der Waals surface area (Å²) in [7, 11) is 1.29. The van der Waals surface area contributed by atoms with Crippen LogP contribution in [0.3, 0.4) is 0 Å². The summed E-state index contributed by atoms with van der Waals surface area (Å²) >= 11 is 0. The molecule has 0 aliphatic heterocycles. The highest BCUT2D eigenvalue weighted by Crippen LogP contribution is 2.19. The Hall–Kier alpha value is -2.04. The van der Waals surface area contributed by atoms with Crippen LogP contribution in [-0.4, -0.2) is 36.0 Å². The van der Waals surface area contributed by atoms with Crippen molar-refractivity contribution in [3.05, 3.63) is 29.3 Å². The third-order valence-electron chi connectivity index (χ3n) is 3.05. The van der Waals surface area contributed by atoms with Crippen LogP contribution in [0.1, 0.15) is 48.4 Å². The van der Waals surface area contributed by atoms with Crippen LogP contribution >= 0.6 is 0 Å². The predicted octanol–water partition coefficient (Wildman–Crippen LogP) is 2.31. The lowest BCUT2D eigenvalue weighted by Crippen LogP contribution is -2.42. The van der Waals surface area contributed by atoms with Crippen LogP contribution in [0.2, 0.25) is 0 Å². The highest BCUT2D eigenvalue weighted by molar-refractivity contribution is 6.00. The molecule has 0 saturated heterocycles. The molecule has 5 heteroatoms. The Kier molecular flexibility index (Phi) is 5.13. The SMILES string of the molecule is COC(=O)c1ccc(C(=O)N(C(C)C)C(C)C)cc1N. The maximum atomic E-state index is 12.5. The van der Waals surface area contributed by atoms with E-state index in [1.807, 2.05) is 27.7 Å². The van der Waals surface area contributed by atoms with Gasteiger partial charge >= 0.3 is 5.97 Å². The van der Waals surface area contributed by atoms with Gasteiger partial charge in [-0.3, -0.25) is 4.79 Å². The van der Waals surface area contributed by atoms with Crippen molar-refractivity contribution < 1.29 is 14.3 Å². The maximum absolute atomic E-state index is 12.5. The second-order valence-corrected chi connectivity index (χ2v) is 5.19. The smallest absolute Gasteiger partial charge is 0.339 e. The number of carbonyl (C=O) groups is 2. The number of carbonyl (C=O) groups excluding carboxylic acids is 2. The van der Waals surface area contributed by atoms with Crippen molar-refractivity contribution in [2.45, 2.75) is 39.8 Å². The van der Waals surface area contributed by atoms with E-state index < -0.39 is 5.97 Å². The molecule has 0 spiro atoms. The number of nitrogen functional groups attached to an aromatic ring is 1. The first-order valence-electron chi connectivity index (χ1n) is 6.60. The minimum atomic E-state index is -0.508. The van der Waals surface area contributed by atoms with Gasteiger partial charge in [-0.25, -0.2) is 4.79 Å². The van der Waals surface area contributed by atoms with Crippen LogP contribution in [0.5, 0.6) is 0 Å². The summed E-state index contributed by atoms with van der Waals surface area (Å²) in [6.07, 6.45) is 0. The van der Waals surface area contributed by atoms with Gasteiger partial charge in [-0.15, -0.1) is 0 Å². The standard InChI is InChI=1S/C15H22N2O3/c1-9(2)17(10(3)4)14(18)11-6-7-12(13(16)8-11)15(19)20-5/h6-10H,16H2,1-5H3. The first-order chi connectivity index (χ1) is 9.29. The van der Waals surface area contributed by atoms with E-state index in [1.54, 1.807) is 11.0 Å². The number of hydrogen-bond donors (Lipinski definition) is 1. The Morgan fingerprint density at radius 3 is 2.10 bits per heavy atom. The Balaban J connectivity index is 3.12. The number of nitrogens with zero attached hydrogens (tertiary/aromatic N) is 1. The number of ether oxygens (including phenoxy) is 1. The summed E-state index contributed by atoms with van der Waals surface area (Å²) in [5.41, 5.74) is 6.80. The van der Waals surface area contributed by atoms with E-state index in [2.05, 4.69) is 4.74 Å². The zero-order chi connectivity index (χ0) is 15.4. The summed E-state index contributed by atoms with van der Waals surface area (Å²) in [6, 6.07) is 4.82. The van der Waals surface area contributed by atoms with Crippen LogP contribution in [-0.2, 0) is 4.74 Å². The van der Waals surface area contributed by atoms with Crippen molar-refractivity contribution in [3.8, 4) is 0 Å². The summed E-state index contributed by atoms with van der Waals surface area (Å²) < 4.78 is 4.63. The Bertz CT molecular complexity index is 502. The third kappa shape index (κ3) is 3.29. The average Bonchev–Trinajstić information content (AvgIpc) is 2.36. The van der Waals surface area contributed by atoms with Crippen molar-refractivity contribution in [3.63, 3.8) is 0 Å². The van der Waals surface area contributed by atoms with Gasteiger partial charge in [0.1, 0.15) is 0 Å². The molecule has 0 atom stereocenters. The van der Waals surface area contributed by atoms with Gasteiger partial charge in [0.25, 0.3) is 5.91 Å². The molecule has 0 radical (unpaired) electrons. The molecule has 2 N–H and O–H groups in total. The minimum Gasteiger partial charge on any atom is -0.465 e. The lowest BCUT2D eigenvalue weighted by Gasteiger charge is -2.31. The van der Waals surface area contributed by atoms with Gasteiger partial charge in [0, 0.05) is 23.3 Å². The van der Waals surface area contributed by atoms with Crippen molar-refractivity contribution in [2.75, 3.05) is 12.8 Å². The van der Waals surface area contributed by atoms with E-state index >= 15 is 0 Å². The quantitative estimate of drug-likeness (QED) is 0.677. The second kappa shape index (κ2) is 6.41. The van der Waals surface area contributed by atoms with E-state index in [4.69, 9.17) is 5.73 Å². The molecule has 1 amide bonds. The largest absolute Gasteiger partial charge is 0.465 e. The summed E-state index contributed by atoms with van der Waals surface area (Å²) in [5, 5.41) is 0. The first kappa shape index (κ1) is 16.0. The van der Waals surface area contributed by atoms with Gasteiger partial charge < -0.3 is 15.4 Å². The fraction of sp³-hybridized carbons (Fsp3) is 0.467.